The van der Waals surface area contributed by atoms with Gasteiger partial charge in [-0.15, -0.1) is 0 Å². The number of nitrogens with zero attached hydrogens (tertiary/aromatic N) is 1. The van der Waals surface area contributed by atoms with Gasteiger partial charge in [-0.25, -0.2) is 24.0 Å². The smallest absolute Gasteiger partial charge is 0.242 e. The van der Waals surface area contributed by atoms with Gasteiger partial charge in [0.05, 0.1) is 0 Å². The van der Waals surface area contributed by atoms with Crippen LogP contribution in [0.1, 0.15) is 25.7 Å². The van der Waals surface area contributed by atoms with Gasteiger partial charge in [0, 0.05) is 12.7 Å². The van der Waals surface area contributed by atoms with Crippen molar-refractivity contribution in [1.82, 2.24) is 9.71 Å². The zero-order valence-corrected chi connectivity index (χ0v) is 10.9. The van der Waals surface area contributed by atoms with E-state index < -0.39 is 10.0 Å². The van der Waals surface area contributed by atoms with Gasteiger partial charge in [0.15, 0.2) is 0 Å². The number of nitrogens with one attached hydrogen (secondary N) is 2. The summed E-state index contributed by atoms with van der Waals surface area (Å²) < 4.78 is 26.4. The number of sulfonamides is 1. The van der Waals surface area contributed by atoms with E-state index in [0.29, 0.717) is 18.3 Å². The fourth-order valence-corrected chi connectivity index (χ4v) is 2.88. The first-order valence-corrected chi connectivity index (χ1v) is 7.52. The minimum Gasteiger partial charge on any atom is -0.308 e. The fourth-order valence-electron chi connectivity index (χ4n) is 1.89. The van der Waals surface area contributed by atoms with Crippen LogP contribution in [-0.4, -0.2) is 19.9 Å². The van der Waals surface area contributed by atoms with Gasteiger partial charge in [-0.3, -0.25) is 0 Å². The summed E-state index contributed by atoms with van der Waals surface area (Å²) in [6.07, 6.45) is 5.92. The highest BCUT2D eigenvalue weighted by molar-refractivity contribution is 7.89. The standard InChI is InChI=1S/C11H18N4O2S/c12-15-11-5-4-10(8-13-11)18(16,17)14-7-6-9-2-1-3-9/h4-5,8-9,14H,1-3,6-7,12H2,(H,13,15). The first-order chi connectivity index (χ1) is 8.62. The van der Waals surface area contributed by atoms with Crippen molar-refractivity contribution < 1.29 is 8.42 Å². The van der Waals surface area contributed by atoms with Gasteiger partial charge >= 0.3 is 0 Å². The van der Waals surface area contributed by atoms with Crippen LogP contribution < -0.4 is 16.0 Å². The summed E-state index contributed by atoms with van der Waals surface area (Å²) in [6.45, 7) is 0.490. The molecule has 0 radical (unpaired) electrons. The molecule has 0 saturated heterocycles. The first-order valence-electron chi connectivity index (χ1n) is 6.04. The Morgan fingerprint density at radius 1 is 1.39 bits per heavy atom. The maximum atomic E-state index is 11.9. The minimum absolute atomic E-state index is 0.162. The maximum Gasteiger partial charge on any atom is 0.242 e. The molecule has 4 N–H and O–H groups in total. The molecular formula is C11H18N4O2S. The van der Waals surface area contributed by atoms with Crippen LogP contribution in [0.25, 0.3) is 0 Å². The van der Waals surface area contributed by atoms with Crippen LogP contribution >= 0.6 is 0 Å². The molecule has 1 aromatic heterocycles. The number of rotatable bonds is 6. The number of aromatic nitrogens is 1. The molecule has 0 atom stereocenters. The molecule has 0 spiro atoms. The molecule has 0 aromatic carbocycles. The van der Waals surface area contributed by atoms with Crippen molar-refractivity contribution in [3.63, 3.8) is 0 Å². The Morgan fingerprint density at radius 3 is 2.67 bits per heavy atom. The van der Waals surface area contributed by atoms with E-state index in [9.17, 15) is 8.42 Å². The number of hydrogen-bond donors (Lipinski definition) is 3. The van der Waals surface area contributed by atoms with Gasteiger partial charge in [0.25, 0.3) is 0 Å². The fraction of sp³-hybridized carbons (Fsp3) is 0.545. The molecule has 0 aliphatic heterocycles. The van der Waals surface area contributed by atoms with E-state index in [-0.39, 0.29) is 4.90 Å². The molecule has 1 saturated carbocycles. The van der Waals surface area contributed by atoms with Crippen molar-refractivity contribution in [3.8, 4) is 0 Å². The molecule has 18 heavy (non-hydrogen) atoms. The van der Waals surface area contributed by atoms with Gasteiger partial charge < -0.3 is 5.43 Å². The van der Waals surface area contributed by atoms with E-state index in [1.54, 1.807) is 0 Å². The van der Waals surface area contributed by atoms with Crippen LogP contribution in [0.5, 0.6) is 0 Å². The van der Waals surface area contributed by atoms with E-state index in [2.05, 4.69) is 15.1 Å². The van der Waals surface area contributed by atoms with Crippen molar-refractivity contribution in [2.24, 2.45) is 11.8 Å². The van der Waals surface area contributed by atoms with Crippen LogP contribution in [0.3, 0.4) is 0 Å². The molecule has 1 heterocycles. The zero-order chi connectivity index (χ0) is 13.0. The first kappa shape index (κ1) is 13.3. The number of nitrogens with two attached hydrogens (primary N) is 1. The second-order valence-electron chi connectivity index (χ2n) is 4.51. The summed E-state index contributed by atoms with van der Waals surface area (Å²) in [5, 5.41) is 0. The van der Waals surface area contributed by atoms with Gasteiger partial charge in [-0.1, -0.05) is 19.3 Å². The van der Waals surface area contributed by atoms with Gasteiger partial charge in [-0.2, -0.15) is 0 Å². The third-order valence-corrected chi connectivity index (χ3v) is 4.71. The lowest BCUT2D eigenvalue weighted by atomic mass is 9.83. The topological polar surface area (TPSA) is 97.1 Å². The lowest BCUT2D eigenvalue weighted by molar-refractivity contribution is 0.297. The summed E-state index contributed by atoms with van der Waals surface area (Å²) in [7, 11) is -3.45. The number of hydrazine groups is 1. The van der Waals surface area contributed by atoms with Crippen LogP contribution in [-0.2, 0) is 10.0 Å². The molecule has 7 heteroatoms. The Morgan fingerprint density at radius 2 is 2.17 bits per heavy atom. The molecule has 1 aromatic rings. The number of anilines is 1. The van der Waals surface area contributed by atoms with Crippen molar-refractivity contribution in [1.29, 1.82) is 0 Å². The average molecular weight is 270 g/mol. The number of nitrogen functional groups attached to an aromatic ring is 1. The van der Waals surface area contributed by atoms with Crippen LogP contribution in [0.15, 0.2) is 23.2 Å². The van der Waals surface area contributed by atoms with Crippen LogP contribution in [0.4, 0.5) is 5.82 Å². The van der Waals surface area contributed by atoms with Crippen LogP contribution in [0, 0.1) is 5.92 Å². The highest BCUT2D eigenvalue weighted by Gasteiger charge is 2.19. The highest BCUT2D eigenvalue weighted by Crippen LogP contribution is 2.28. The van der Waals surface area contributed by atoms with E-state index in [4.69, 9.17) is 5.84 Å². The molecule has 0 amide bonds. The van der Waals surface area contributed by atoms with E-state index in [1.807, 2.05) is 0 Å². The van der Waals surface area contributed by atoms with Crippen molar-refractivity contribution in [3.05, 3.63) is 18.3 Å². The Hall–Kier alpha value is -1.18. The molecule has 1 fully saturated rings. The summed E-state index contributed by atoms with van der Waals surface area (Å²) in [5.41, 5.74) is 2.35. The molecule has 1 aliphatic rings. The molecule has 2 rings (SSSR count). The molecular weight excluding hydrogens is 252 g/mol. The molecule has 6 nitrogen and oxygen atoms in total. The quantitative estimate of drug-likeness (QED) is 0.525. The van der Waals surface area contributed by atoms with Crippen molar-refractivity contribution in [2.45, 2.75) is 30.6 Å². The second kappa shape index (κ2) is 5.64. The van der Waals surface area contributed by atoms with Crippen molar-refractivity contribution >= 4 is 15.8 Å². The Bertz CT molecular complexity index is 482. The minimum atomic E-state index is -3.45. The normalized spacial score (nSPS) is 16.3. The number of pyridine rings is 1. The van der Waals surface area contributed by atoms with Gasteiger partial charge in [0.2, 0.25) is 10.0 Å². The summed E-state index contributed by atoms with van der Waals surface area (Å²) >= 11 is 0. The van der Waals surface area contributed by atoms with E-state index in [0.717, 1.165) is 6.42 Å². The highest BCUT2D eigenvalue weighted by atomic mass is 32.2. The van der Waals surface area contributed by atoms with E-state index >= 15 is 0 Å². The zero-order valence-electron chi connectivity index (χ0n) is 10.1. The second-order valence-corrected chi connectivity index (χ2v) is 6.27. The molecule has 1 aliphatic carbocycles. The third kappa shape index (κ3) is 3.18. The maximum absolute atomic E-state index is 11.9. The molecule has 0 unspecified atom stereocenters. The third-order valence-electron chi connectivity index (χ3n) is 3.26. The lowest BCUT2D eigenvalue weighted by Gasteiger charge is -2.25. The largest absolute Gasteiger partial charge is 0.308 e. The molecule has 100 valence electrons. The SMILES string of the molecule is NNc1ccc(S(=O)(=O)NCCC2CCC2)cn1. The Labute approximate surface area is 107 Å². The lowest BCUT2D eigenvalue weighted by Crippen LogP contribution is -2.27. The number of hydrogen-bond acceptors (Lipinski definition) is 5. The summed E-state index contributed by atoms with van der Waals surface area (Å²) in [5.74, 6) is 6.29. The average Bonchev–Trinajstić information content (AvgIpc) is 2.32. The van der Waals surface area contributed by atoms with Gasteiger partial charge in [0.1, 0.15) is 10.7 Å². The molecule has 0 bridgehead atoms. The monoisotopic (exact) mass is 270 g/mol. The predicted octanol–water partition coefficient (Wildman–Crippen LogP) is 0.836. The predicted molar refractivity (Wildman–Crippen MR) is 69.2 cm³/mol. The Kier molecular flexibility index (Phi) is 4.15. The van der Waals surface area contributed by atoms with E-state index in [1.165, 1.54) is 37.6 Å². The van der Waals surface area contributed by atoms with Crippen LogP contribution in [0.2, 0.25) is 0 Å². The van der Waals surface area contributed by atoms with Gasteiger partial charge in [-0.05, 0) is 24.5 Å². The van der Waals surface area contributed by atoms with Crippen molar-refractivity contribution in [2.75, 3.05) is 12.0 Å². The summed E-state index contributed by atoms with van der Waals surface area (Å²) in [4.78, 5) is 4.04. The summed E-state index contributed by atoms with van der Waals surface area (Å²) in [6, 6.07) is 3.01. The Balaban J connectivity index is 1.91.